The predicted molar refractivity (Wildman–Crippen MR) is 125 cm³/mol. The lowest BCUT2D eigenvalue weighted by atomic mass is 10.1. The molecule has 2 heterocycles. The van der Waals surface area contributed by atoms with Crippen LogP contribution >= 0.6 is 39.9 Å². The third-order valence-corrected chi connectivity index (χ3v) is 6.45. The Balaban J connectivity index is 1.76. The van der Waals surface area contributed by atoms with Crippen molar-refractivity contribution in [2.24, 2.45) is 0 Å². The molecule has 146 valence electrons. The normalized spacial score (nSPS) is 15.4. The first-order valence-corrected chi connectivity index (χ1v) is 10.6. The van der Waals surface area contributed by atoms with Crippen molar-refractivity contribution in [3.8, 4) is 11.5 Å². The lowest BCUT2D eigenvalue weighted by molar-refractivity contribution is -0.113. The van der Waals surface area contributed by atoms with Crippen LogP contribution in [0.15, 0.2) is 58.0 Å². The summed E-state index contributed by atoms with van der Waals surface area (Å²) < 4.78 is 12.0. The van der Waals surface area contributed by atoms with E-state index in [4.69, 9.17) is 21.7 Å². The van der Waals surface area contributed by atoms with E-state index in [0.717, 1.165) is 15.4 Å². The molecule has 0 atom stereocenters. The highest BCUT2D eigenvalue weighted by Gasteiger charge is 2.34. The van der Waals surface area contributed by atoms with Crippen molar-refractivity contribution in [1.82, 2.24) is 4.98 Å². The summed E-state index contributed by atoms with van der Waals surface area (Å²) in [6.07, 6.45) is 3.49. The van der Waals surface area contributed by atoms with E-state index < -0.39 is 0 Å². The molecule has 0 unspecified atom stereocenters. The van der Waals surface area contributed by atoms with Gasteiger partial charge in [-0.2, -0.15) is 0 Å². The van der Waals surface area contributed by atoms with Gasteiger partial charge in [-0.15, -0.1) is 0 Å². The van der Waals surface area contributed by atoms with Crippen LogP contribution in [0, 0.1) is 0 Å². The molecule has 1 aromatic heterocycles. The van der Waals surface area contributed by atoms with Gasteiger partial charge in [0.15, 0.2) is 4.32 Å². The fraction of sp³-hybridized carbons (Fsp3) is 0.0952. The standard InChI is InChI=1S/C21H15BrN2O3S2/c1-26-13-6-5-12(17(11-13)27-2)10-18-20(25)24(21(28)29-18)16-8-7-15(22)14-4-3-9-23-19(14)16/h3-11H,1-2H3/b18-10-. The zero-order valence-corrected chi connectivity index (χ0v) is 18.7. The molecule has 0 N–H and O–H groups in total. The average molecular weight is 487 g/mol. The van der Waals surface area contributed by atoms with Crippen LogP contribution in [0.5, 0.6) is 11.5 Å². The van der Waals surface area contributed by atoms with Gasteiger partial charge < -0.3 is 9.47 Å². The Kier molecular flexibility index (Phi) is 5.58. The molecule has 1 aliphatic rings. The molecule has 0 aliphatic carbocycles. The van der Waals surface area contributed by atoms with Gasteiger partial charge in [0.05, 0.1) is 30.3 Å². The summed E-state index contributed by atoms with van der Waals surface area (Å²) in [5, 5.41) is 0.917. The first-order chi connectivity index (χ1) is 14.0. The maximum absolute atomic E-state index is 13.2. The lowest BCUT2D eigenvalue weighted by Gasteiger charge is -2.17. The average Bonchev–Trinajstić information content (AvgIpc) is 3.02. The molecule has 1 amide bonds. The number of thiocarbonyl (C=S) groups is 1. The van der Waals surface area contributed by atoms with E-state index in [1.807, 2.05) is 36.4 Å². The molecule has 4 rings (SSSR count). The third kappa shape index (κ3) is 3.63. The van der Waals surface area contributed by atoms with Crippen LogP contribution in [-0.2, 0) is 4.79 Å². The number of methoxy groups -OCH3 is 2. The largest absolute Gasteiger partial charge is 0.497 e. The van der Waals surface area contributed by atoms with E-state index in [-0.39, 0.29) is 5.91 Å². The molecular formula is C21H15BrN2O3S2. The lowest BCUT2D eigenvalue weighted by Crippen LogP contribution is -2.27. The van der Waals surface area contributed by atoms with E-state index in [9.17, 15) is 4.79 Å². The minimum absolute atomic E-state index is 0.188. The number of fused-ring (bicyclic) bond motifs is 1. The first-order valence-electron chi connectivity index (χ1n) is 8.56. The molecule has 0 saturated carbocycles. The summed E-state index contributed by atoms with van der Waals surface area (Å²) in [4.78, 5) is 19.7. The molecule has 0 radical (unpaired) electrons. The predicted octanol–water partition coefficient (Wildman–Crippen LogP) is 5.42. The van der Waals surface area contributed by atoms with Gasteiger partial charge in [0.2, 0.25) is 0 Å². The van der Waals surface area contributed by atoms with Gasteiger partial charge >= 0.3 is 0 Å². The molecule has 1 saturated heterocycles. The fourth-order valence-electron chi connectivity index (χ4n) is 3.06. The molecule has 1 fully saturated rings. The highest BCUT2D eigenvalue weighted by atomic mass is 79.9. The second-order valence-electron chi connectivity index (χ2n) is 6.09. The number of amides is 1. The maximum atomic E-state index is 13.2. The fourth-order valence-corrected chi connectivity index (χ4v) is 4.79. The Labute approximate surface area is 185 Å². The van der Waals surface area contributed by atoms with Gasteiger partial charge in [-0.3, -0.25) is 14.7 Å². The third-order valence-electron chi connectivity index (χ3n) is 4.46. The Morgan fingerprint density at radius 3 is 2.76 bits per heavy atom. The highest BCUT2D eigenvalue weighted by molar-refractivity contribution is 9.10. The number of rotatable bonds is 4. The van der Waals surface area contributed by atoms with E-state index in [2.05, 4.69) is 20.9 Å². The second-order valence-corrected chi connectivity index (χ2v) is 8.62. The molecular weight excluding hydrogens is 472 g/mol. The topological polar surface area (TPSA) is 51.7 Å². The number of ether oxygens (including phenoxy) is 2. The number of benzene rings is 2. The smallest absolute Gasteiger partial charge is 0.270 e. The number of nitrogens with zero attached hydrogens (tertiary/aromatic N) is 2. The number of pyridine rings is 1. The minimum Gasteiger partial charge on any atom is -0.497 e. The molecule has 1 aliphatic heterocycles. The van der Waals surface area contributed by atoms with Gasteiger partial charge in [-0.1, -0.05) is 46.0 Å². The summed E-state index contributed by atoms with van der Waals surface area (Å²) >= 11 is 10.3. The van der Waals surface area contributed by atoms with Crippen LogP contribution in [0.4, 0.5) is 5.69 Å². The van der Waals surface area contributed by atoms with Crippen molar-refractivity contribution in [2.45, 2.75) is 0 Å². The van der Waals surface area contributed by atoms with Crippen LogP contribution < -0.4 is 14.4 Å². The maximum Gasteiger partial charge on any atom is 0.270 e. The van der Waals surface area contributed by atoms with Crippen LogP contribution in [0.1, 0.15) is 5.56 Å². The molecule has 8 heteroatoms. The van der Waals surface area contributed by atoms with E-state index in [1.165, 1.54) is 16.7 Å². The number of carbonyl (C=O) groups excluding carboxylic acids is 1. The number of halogens is 1. The number of thioether (sulfide) groups is 1. The van der Waals surface area contributed by atoms with Gasteiger partial charge in [-0.25, -0.2) is 0 Å². The van der Waals surface area contributed by atoms with E-state index >= 15 is 0 Å². The van der Waals surface area contributed by atoms with Gasteiger partial charge in [-0.05, 0) is 36.4 Å². The van der Waals surface area contributed by atoms with Crippen molar-refractivity contribution < 1.29 is 14.3 Å². The van der Waals surface area contributed by atoms with Crippen LogP contribution in [-0.4, -0.2) is 29.4 Å². The quantitative estimate of drug-likeness (QED) is 0.362. The highest BCUT2D eigenvalue weighted by Crippen LogP contribution is 2.40. The number of carbonyl (C=O) groups is 1. The molecule has 3 aromatic rings. The molecule has 2 aromatic carbocycles. The summed E-state index contributed by atoms with van der Waals surface area (Å²) in [5.74, 6) is 1.11. The first kappa shape index (κ1) is 19.9. The van der Waals surface area contributed by atoms with Gasteiger partial charge in [0.25, 0.3) is 5.91 Å². The number of anilines is 1. The summed E-state index contributed by atoms with van der Waals surface area (Å²) in [7, 11) is 3.17. The second kappa shape index (κ2) is 8.14. The monoisotopic (exact) mass is 486 g/mol. The van der Waals surface area contributed by atoms with Crippen LogP contribution in [0.3, 0.4) is 0 Å². The summed E-state index contributed by atoms with van der Waals surface area (Å²) in [5.41, 5.74) is 2.14. The Morgan fingerprint density at radius 1 is 1.17 bits per heavy atom. The molecule has 29 heavy (non-hydrogen) atoms. The van der Waals surface area contributed by atoms with E-state index in [0.29, 0.717) is 31.9 Å². The molecule has 0 bridgehead atoms. The van der Waals surface area contributed by atoms with E-state index in [1.54, 1.807) is 32.6 Å². The van der Waals surface area contributed by atoms with Crippen molar-refractivity contribution in [1.29, 1.82) is 0 Å². The Hall–Kier alpha value is -2.42. The van der Waals surface area contributed by atoms with Crippen LogP contribution in [0.25, 0.3) is 17.0 Å². The van der Waals surface area contributed by atoms with Crippen molar-refractivity contribution >= 4 is 72.8 Å². The molecule has 5 nitrogen and oxygen atoms in total. The zero-order valence-electron chi connectivity index (χ0n) is 15.5. The minimum atomic E-state index is -0.188. The van der Waals surface area contributed by atoms with Crippen molar-refractivity contribution in [2.75, 3.05) is 19.1 Å². The van der Waals surface area contributed by atoms with Crippen LogP contribution in [0.2, 0.25) is 0 Å². The van der Waals surface area contributed by atoms with Gasteiger partial charge in [0, 0.05) is 27.7 Å². The number of hydrogen-bond donors (Lipinski definition) is 0. The zero-order chi connectivity index (χ0) is 20.5. The van der Waals surface area contributed by atoms with Crippen molar-refractivity contribution in [3.63, 3.8) is 0 Å². The van der Waals surface area contributed by atoms with Gasteiger partial charge in [0.1, 0.15) is 11.5 Å². The Morgan fingerprint density at radius 2 is 2.00 bits per heavy atom. The Bertz CT molecular complexity index is 1180. The SMILES string of the molecule is COc1ccc(/C=C2\SC(=S)N(c3ccc(Br)c4cccnc34)C2=O)c(OC)c1. The number of hydrogen-bond acceptors (Lipinski definition) is 6. The summed E-state index contributed by atoms with van der Waals surface area (Å²) in [6, 6.07) is 13.0. The number of aromatic nitrogens is 1. The summed E-state index contributed by atoms with van der Waals surface area (Å²) in [6.45, 7) is 0. The van der Waals surface area contributed by atoms with Crippen molar-refractivity contribution in [3.05, 3.63) is 63.6 Å². The molecule has 0 spiro atoms.